The van der Waals surface area contributed by atoms with Gasteiger partial charge in [0.25, 0.3) is 5.67 Å². The van der Waals surface area contributed by atoms with E-state index in [1.807, 2.05) is 13.8 Å². The second-order valence-corrected chi connectivity index (χ2v) is 7.00. The number of ether oxygens (including phenoxy) is 1. The summed E-state index contributed by atoms with van der Waals surface area (Å²) in [5.41, 5.74) is -6.03. The van der Waals surface area contributed by atoms with E-state index in [4.69, 9.17) is 4.74 Å². The van der Waals surface area contributed by atoms with Crippen molar-refractivity contribution in [2.45, 2.75) is 58.0 Å². The maximum Gasteiger partial charge on any atom is 0.433 e. The Labute approximate surface area is 120 Å². The molecule has 0 amide bonds. The van der Waals surface area contributed by atoms with Crippen LogP contribution >= 0.6 is 0 Å². The summed E-state index contributed by atoms with van der Waals surface area (Å²) in [4.78, 5) is 23.9. The largest absolute Gasteiger partial charge is 0.449 e. The molecule has 4 atom stereocenters. The number of alkyl halides is 4. The van der Waals surface area contributed by atoms with Crippen LogP contribution in [0.25, 0.3) is 0 Å². The summed E-state index contributed by atoms with van der Waals surface area (Å²) in [6.45, 7) is 5.19. The van der Waals surface area contributed by atoms with E-state index in [0.29, 0.717) is 6.42 Å². The normalized spacial score (nSPS) is 37.4. The van der Waals surface area contributed by atoms with Gasteiger partial charge in [-0.15, -0.1) is 0 Å². The predicted octanol–water partition coefficient (Wildman–Crippen LogP) is 3.21. The van der Waals surface area contributed by atoms with Crippen LogP contribution in [0.2, 0.25) is 0 Å². The van der Waals surface area contributed by atoms with Gasteiger partial charge in [0.15, 0.2) is 11.4 Å². The van der Waals surface area contributed by atoms with E-state index in [2.05, 4.69) is 0 Å². The predicted molar refractivity (Wildman–Crippen MR) is 65.1 cm³/mol. The Morgan fingerprint density at radius 1 is 1.24 bits per heavy atom. The number of esters is 1. The molecule has 0 aromatic carbocycles. The first-order valence-corrected chi connectivity index (χ1v) is 6.77. The SMILES string of the molecule is CC1(OC(=O)C(C)(F)C(F)(F)F)CC2CC(C1=O)C2(C)C. The summed E-state index contributed by atoms with van der Waals surface area (Å²) >= 11 is 0. The molecule has 21 heavy (non-hydrogen) atoms. The summed E-state index contributed by atoms with van der Waals surface area (Å²) in [5.74, 6) is -2.74. The van der Waals surface area contributed by atoms with Gasteiger partial charge >= 0.3 is 12.1 Å². The Bertz CT molecular complexity index is 495. The Morgan fingerprint density at radius 2 is 1.76 bits per heavy atom. The fraction of sp³-hybridized carbons (Fsp3) is 0.857. The number of halogens is 4. The standard InChI is InChI=1S/C14H18F4O3/c1-11(2)7-5-8(11)9(19)12(3,6-7)21-10(20)13(4,15)14(16,17)18/h7-8H,5-6H2,1-4H3. The average Bonchev–Trinajstić information content (AvgIpc) is 2.30. The third-order valence-corrected chi connectivity index (χ3v) is 5.18. The van der Waals surface area contributed by atoms with Crippen LogP contribution in [0.5, 0.6) is 0 Å². The number of ketones is 1. The van der Waals surface area contributed by atoms with Gasteiger partial charge < -0.3 is 4.74 Å². The number of rotatable bonds is 2. The van der Waals surface area contributed by atoms with Crippen LogP contribution in [-0.4, -0.2) is 29.2 Å². The zero-order valence-corrected chi connectivity index (χ0v) is 12.3. The van der Waals surface area contributed by atoms with Crippen molar-refractivity contribution in [1.82, 2.24) is 0 Å². The summed E-state index contributed by atoms with van der Waals surface area (Å²) in [6.07, 6.45) is -4.60. The van der Waals surface area contributed by atoms with Crippen molar-refractivity contribution in [3.8, 4) is 0 Å². The number of hydrogen-bond donors (Lipinski definition) is 0. The topological polar surface area (TPSA) is 43.4 Å². The lowest BCUT2D eigenvalue weighted by atomic mass is 9.45. The van der Waals surface area contributed by atoms with Gasteiger partial charge in [-0.3, -0.25) is 4.79 Å². The van der Waals surface area contributed by atoms with Crippen LogP contribution in [0, 0.1) is 17.3 Å². The third-order valence-electron chi connectivity index (χ3n) is 5.18. The van der Waals surface area contributed by atoms with Crippen molar-refractivity contribution < 1.29 is 31.9 Å². The van der Waals surface area contributed by atoms with E-state index in [9.17, 15) is 27.2 Å². The number of carbonyl (C=O) groups excluding carboxylic acids is 2. The van der Waals surface area contributed by atoms with Gasteiger partial charge in [0.1, 0.15) is 0 Å². The highest BCUT2D eigenvalue weighted by Crippen LogP contribution is 2.60. The van der Waals surface area contributed by atoms with Gasteiger partial charge in [-0.1, -0.05) is 13.8 Å². The highest BCUT2D eigenvalue weighted by Gasteiger charge is 2.66. The van der Waals surface area contributed by atoms with Crippen LogP contribution in [-0.2, 0) is 14.3 Å². The lowest BCUT2D eigenvalue weighted by Gasteiger charge is -2.59. The second kappa shape index (κ2) is 4.20. The lowest BCUT2D eigenvalue weighted by molar-refractivity contribution is -0.245. The van der Waals surface area contributed by atoms with Crippen molar-refractivity contribution in [3.63, 3.8) is 0 Å². The van der Waals surface area contributed by atoms with Gasteiger partial charge in [0, 0.05) is 5.92 Å². The molecule has 3 aliphatic rings. The van der Waals surface area contributed by atoms with E-state index in [-0.39, 0.29) is 30.6 Å². The van der Waals surface area contributed by atoms with E-state index in [0.717, 1.165) is 0 Å². The molecule has 0 heterocycles. The zero-order valence-electron chi connectivity index (χ0n) is 12.3. The molecule has 120 valence electrons. The fourth-order valence-corrected chi connectivity index (χ4v) is 3.25. The summed E-state index contributed by atoms with van der Waals surface area (Å²) in [5, 5.41) is 0. The van der Waals surface area contributed by atoms with E-state index in [1.165, 1.54) is 6.92 Å². The second-order valence-electron chi connectivity index (χ2n) is 7.00. The minimum atomic E-state index is -5.37. The van der Waals surface area contributed by atoms with Gasteiger partial charge in [-0.2, -0.15) is 13.2 Å². The average molecular weight is 310 g/mol. The first kappa shape index (κ1) is 16.2. The van der Waals surface area contributed by atoms with E-state index < -0.39 is 29.2 Å². The number of carbonyl (C=O) groups is 2. The van der Waals surface area contributed by atoms with Crippen molar-refractivity contribution in [2.75, 3.05) is 0 Å². The molecular formula is C14H18F4O3. The van der Waals surface area contributed by atoms with Crippen molar-refractivity contribution in [3.05, 3.63) is 0 Å². The van der Waals surface area contributed by atoms with Gasteiger partial charge in [-0.25, -0.2) is 9.18 Å². The Kier molecular flexibility index (Phi) is 3.24. The van der Waals surface area contributed by atoms with Crippen LogP contribution in [0.15, 0.2) is 0 Å². The molecule has 7 heteroatoms. The molecule has 0 aromatic heterocycles. The summed E-state index contributed by atoms with van der Waals surface area (Å²) in [7, 11) is 0. The molecule has 3 aliphatic carbocycles. The number of fused-ring (bicyclic) bond motifs is 2. The molecule has 3 saturated carbocycles. The minimum Gasteiger partial charge on any atom is -0.449 e. The highest BCUT2D eigenvalue weighted by atomic mass is 19.4. The van der Waals surface area contributed by atoms with Crippen LogP contribution in [0.1, 0.15) is 40.5 Å². The molecule has 0 radical (unpaired) electrons. The van der Waals surface area contributed by atoms with Crippen molar-refractivity contribution >= 4 is 11.8 Å². The molecule has 0 aromatic rings. The molecule has 0 N–H and O–H groups in total. The van der Waals surface area contributed by atoms with Gasteiger partial charge in [-0.05, 0) is 38.0 Å². The monoisotopic (exact) mass is 310 g/mol. The van der Waals surface area contributed by atoms with Gasteiger partial charge in [0.05, 0.1) is 0 Å². The molecule has 3 rings (SSSR count). The molecule has 3 fully saturated rings. The minimum absolute atomic E-state index is 0.0785. The summed E-state index contributed by atoms with van der Waals surface area (Å²) in [6, 6.07) is 0. The van der Waals surface area contributed by atoms with E-state index in [1.54, 1.807) is 0 Å². The molecule has 4 unspecified atom stereocenters. The Balaban J connectivity index is 2.18. The van der Waals surface area contributed by atoms with Crippen LogP contribution in [0.3, 0.4) is 0 Å². The summed E-state index contributed by atoms with van der Waals surface area (Å²) < 4.78 is 55.8. The maximum atomic E-state index is 13.6. The third kappa shape index (κ3) is 2.16. The molecule has 0 saturated heterocycles. The van der Waals surface area contributed by atoms with Crippen molar-refractivity contribution in [1.29, 1.82) is 0 Å². The highest BCUT2D eigenvalue weighted by molar-refractivity contribution is 5.95. The Hall–Kier alpha value is -1.14. The zero-order chi connectivity index (χ0) is 16.4. The molecule has 0 aliphatic heterocycles. The maximum absolute atomic E-state index is 13.6. The molecule has 3 nitrogen and oxygen atoms in total. The van der Waals surface area contributed by atoms with Gasteiger partial charge in [0.2, 0.25) is 0 Å². The first-order valence-electron chi connectivity index (χ1n) is 6.77. The molecular weight excluding hydrogens is 292 g/mol. The molecule has 2 bridgehead atoms. The number of hydrogen-bond acceptors (Lipinski definition) is 3. The Morgan fingerprint density at radius 3 is 2.14 bits per heavy atom. The quantitative estimate of drug-likeness (QED) is 0.581. The molecule has 0 spiro atoms. The van der Waals surface area contributed by atoms with E-state index >= 15 is 0 Å². The lowest BCUT2D eigenvalue weighted by Crippen LogP contribution is -2.65. The number of Topliss-reactive ketones (excluding diaryl/α,β-unsaturated/α-hetero) is 1. The van der Waals surface area contributed by atoms with Crippen LogP contribution in [0.4, 0.5) is 17.6 Å². The smallest absolute Gasteiger partial charge is 0.433 e. The van der Waals surface area contributed by atoms with Crippen LogP contribution < -0.4 is 0 Å². The fourth-order valence-electron chi connectivity index (χ4n) is 3.25. The van der Waals surface area contributed by atoms with Crippen molar-refractivity contribution in [2.24, 2.45) is 17.3 Å². The first-order chi connectivity index (χ1) is 9.23.